The summed E-state index contributed by atoms with van der Waals surface area (Å²) in [4.78, 5) is 2.25. The standard InChI is InChI=1S/C17H19N3O/c1-13-14-6-3-4-7-15(14)20-9-5-8-17(20,12-21-2)16(13,10-18)11-19/h3-4,6-7,13H,5,8-9,12H2,1-2H3/t13-,17+/m1/s1. The lowest BCUT2D eigenvalue weighted by atomic mass is 9.58. The monoisotopic (exact) mass is 281 g/mol. The summed E-state index contributed by atoms with van der Waals surface area (Å²) in [5, 5.41) is 19.8. The van der Waals surface area contributed by atoms with Gasteiger partial charge in [-0.05, 0) is 24.5 Å². The fraction of sp³-hybridized carbons (Fsp3) is 0.529. The van der Waals surface area contributed by atoms with Crippen LogP contribution in [0.5, 0.6) is 0 Å². The third-order valence-electron chi connectivity index (χ3n) is 5.30. The smallest absolute Gasteiger partial charge is 0.175 e. The zero-order valence-corrected chi connectivity index (χ0v) is 12.5. The zero-order valence-electron chi connectivity index (χ0n) is 12.5. The van der Waals surface area contributed by atoms with E-state index in [4.69, 9.17) is 4.74 Å². The lowest BCUT2D eigenvalue weighted by Gasteiger charge is -2.53. The highest BCUT2D eigenvalue weighted by molar-refractivity contribution is 5.65. The number of ether oxygens (including phenoxy) is 1. The quantitative estimate of drug-likeness (QED) is 0.836. The van der Waals surface area contributed by atoms with Crippen molar-refractivity contribution < 1.29 is 4.74 Å². The van der Waals surface area contributed by atoms with Crippen molar-refractivity contribution in [2.24, 2.45) is 5.41 Å². The van der Waals surface area contributed by atoms with E-state index < -0.39 is 11.0 Å². The van der Waals surface area contributed by atoms with Crippen LogP contribution in [0.2, 0.25) is 0 Å². The Morgan fingerprint density at radius 1 is 1.33 bits per heavy atom. The molecular weight excluding hydrogens is 262 g/mol. The Balaban J connectivity index is 2.31. The molecule has 1 aromatic carbocycles. The summed E-state index contributed by atoms with van der Waals surface area (Å²) >= 11 is 0. The molecule has 0 spiro atoms. The predicted molar refractivity (Wildman–Crippen MR) is 79.7 cm³/mol. The molecule has 0 bridgehead atoms. The van der Waals surface area contributed by atoms with Crippen molar-refractivity contribution in [3.63, 3.8) is 0 Å². The summed E-state index contributed by atoms with van der Waals surface area (Å²) in [6.07, 6.45) is 1.80. The van der Waals surface area contributed by atoms with Gasteiger partial charge in [0.2, 0.25) is 0 Å². The molecule has 1 fully saturated rings. The van der Waals surface area contributed by atoms with Gasteiger partial charge < -0.3 is 9.64 Å². The van der Waals surface area contributed by atoms with Crippen molar-refractivity contribution in [3.8, 4) is 12.1 Å². The molecule has 4 nitrogen and oxygen atoms in total. The van der Waals surface area contributed by atoms with Gasteiger partial charge in [-0.25, -0.2) is 0 Å². The second kappa shape index (κ2) is 4.76. The number of nitriles is 2. The van der Waals surface area contributed by atoms with Crippen molar-refractivity contribution >= 4 is 5.69 Å². The molecule has 1 saturated heterocycles. The molecule has 3 rings (SSSR count). The Morgan fingerprint density at radius 3 is 2.71 bits per heavy atom. The first-order valence-electron chi connectivity index (χ1n) is 7.35. The first kappa shape index (κ1) is 13.9. The maximum atomic E-state index is 9.92. The Kier molecular flexibility index (Phi) is 3.15. The van der Waals surface area contributed by atoms with Gasteiger partial charge in [0.05, 0.1) is 24.3 Å². The Bertz CT molecular complexity index is 628. The van der Waals surface area contributed by atoms with Gasteiger partial charge in [0, 0.05) is 25.3 Å². The minimum absolute atomic E-state index is 0.131. The van der Waals surface area contributed by atoms with Gasteiger partial charge in [-0.2, -0.15) is 10.5 Å². The number of hydrogen-bond acceptors (Lipinski definition) is 4. The van der Waals surface area contributed by atoms with E-state index in [2.05, 4.69) is 23.1 Å². The lowest BCUT2D eigenvalue weighted by molar-refractivity contribution is 0.0742. The summed E-state index contributed by atoms with van der Waals surface area (Å²) in [7, 11) is 1.65. The molecule has 2 heterocycles. The molecule has 0 unspecified atom stereocenters. The summed E-state index contributed by atoms with van der Waals surface area (Å²) in [6.45, 7) is 3.28. The number of rotatable bonds is 2. The number of para-hydroxylation sites is 1. The third-order valence-corrected chi connectivity index (χ3v) is 5.30. The Morgan fingerprint density at radius 2 is 2.05 bits per heavy atom. The van der Waals surface area contributed by atoms with Gasteiger partial charge >= 0.3 is 0 Å². The number of nitrogens with zero attached hydrogens (tertiary/aromatic N) is 3. The highest BCUT2D eigenvalue weighted by atomic mass is 16.5. The van der Waals surface area contributed by atoms with Crippen LogP contribution in [0.25, 0.3) is 0 Å². The van der Waals surface area contributed by atoms with E-state index in [-0.39, 0.29) is 5.92 Å². The van der Waals surface area contributed by atoms with E-state index in [9.17, 15) is 10.5 Å². The Hall–Kier alpha value is -2.04. The third kappa shape index (κ3) is 1.51. The number of benzene rings is 1. The van der Waals surface area contributed by atoms with E-state index in [1.807, 2.05) is 25.1 Å². The summed E-state index contributed by atoms with van der Waals surface area (Å²) in [5.74, 6) is -0.131. The van der Waals surface area contributed by atoms with E-state index in [0.717, 1.165) is 30.6 Å². The molecule has 108 valence electrons. The van der Waals surface area contributed by atoms with Gasteiger partial charge in [0.1, 0.15) is 0 Å². The largest absolute Gasteiger partial charge is 0.382 e. The molecule has 2 aliphatic rings. The molecule has 0 aliphatic carbocycles. The van der Waals surface area contributed by atoms with Crippen LogP contribution in [0.4, 0.5) is 5.69 Å². The Labute approximate surface area is 125 Å². The van der Waals surface area contributed by atoms with E-state index in [0.29, 0.717) is 6.61 Å². The fourth-order valence-electron chi connectivity index (χ4n) is 4.30. The number of anilines is 1. The molecule has 2 aliphatic heterocycles. The van der Waals surface area contributed by atoms with Crippen molar-refractivity contribution in [1.82, 2.24) is 0 Å². The van der Waals surface area contributed by atoms with Crippen LogP contribution >= 0.6 is 0 Å². The molecule has 0 saturated carbocycles. The van der Waals surface area contributed by atoms with Crippen molar-refractivity contribution in [2.45, 2.75) is 31.2 Å². The molecule has 0 amide bonds. The first-order valence-corrected chi connectivity index (χ1v) is 7.35. The summed E-state index contributed by atoms with van der Waals surface area (Å²) in [5.41, 5.74) is 0.627. The van der Waals surface area contributed by atoms with Crippen molar-refractivity contribution in [3.05, 3.63) is 29.8 Å². The van der Waals surface area contributed by atoms with E-state index in [1.54, 1.807) is 7.11 Å². The fourth-order valence-corrected chi connectivity index (χ4v) is 4.30. The maximum Gasteiger partial charge on any atom is 0.175 e. The van der Waals surface area contributed by atoms with Crippen LogP contribution in [0.1, 0.15) is 31.2 Å². The molecular formula is C17H19N3O. The normalized spacial score (nSPS) is 29.1. The van der Waals surface area contributed by atoms with Crippen LogP contribution in [-0.2, 0) is 4.74 Å². The van der Waals surface area contributed by atoms with Gasteiger partial charge in [-0.3, -0.25) is 0 Å². The van der Waals surface area contributed by atoms with Gasteiger partial charge in [0.25, 0.3) is 0 Å². The lowest BCUT2D eigenvalue weighted by Crippen LogP contribution is -2.63. The van der Waals surface area contributed by atoms with Crippen LogP contribution in [0.15, 0.2) is 24.3 Å². The average Bonchev–Trinajstić information content (AvgIpc) is 2.94. The van der Waals surface area contributed by atoms with Gasteiger partial charge in [-0.15, -0.1) is 0 Å². The summed E-state index contributed by atoms with van der Waals surface area (Å²) in [6, 6.07) is 12.9. The number of methoxy groups -OCH3 is 1. The van der Waals surface area contributed by atoms with Gasteiger partial charge in [0.15, 0.2) is 5.41 Å². The molecule has 1 aromatic rings. The van der Waals surface area contributed by atoms with Crippen LogP contribution < -0.4 is 4.90 Å². The topological polar surface area (TPSA) is 60.0 Å². The highest BCUT2D eigenvalue weighted by Crippen LogP contribution is 2.58. The zero-order chi connectivity index (χ0) is 15.1. The van der Waals surface area contributed by atoms with Crippen LogP contribution in [-0.4, -0.2) is 25.8 Å². The van der Waals surface area contributed by atoms with Crippen molar-refractivity contribution in [1.29, 1.82) is 10.5 Å². The number of fused-ring (bicyclic) bond motifs is 3. The molecule has 0 aromatic heterocycles. The minimum atomic E-state index is -1.08. The second-order valence-corrected chi connectivity index (χ2v) is 6.03. The van der Waals surface area contributed by atoms with Gasteiger partial charge in [-0.1, -0.05) is 25.1 Å². The highest BCUT2D eigenvalue weighted by Gasteiger charge is 2.64. The molecule has 21 heavy (non-hydrogen) atoms. The maximum absolute atomic E-state index is 9.92. The number of hydrogen-bond donors (Lipinski definition) is 0. The molecule has 2 atom stereocenters. The molecule has 4 heteroatoms. The van der Waals surface area contributed by atoms with Crippen LogP contribution in [0.3, 0.4) is 0 Å². The first-order chi connectivity index (χ1) is 10.2. The average molecular weight is 281 g/mol. The molecule has 0 N–H and O–H groups in total. The minimum Gasteiger partial charge on any atom is -0.382 e. The molecule has 0 radical (unpaired) electrons. The SMILES string of the molecule is COC[C@]12CCCN1c1ccccc1[C@@H](C)C2(C#N)C#N. The van der Waals surface area contributed by atoms with Crippen molar-refractivity contribution in [2.75, 3.05) is 25.2 Å². The van der Waals surface area contributed by atoms with E-state index >= 15 is 0 Å². The summed E-state index contributed by atoms with van der Waals surface area (Å²) < 4.78 is 5.46. The predicted octanol–water partition coefficient (Wildman–Crippen LogP) is 2.82. The van der Waals surface area contributed by atoms with E-state index in [1.165, 1.54) is 0 Å². The second-order valence-electron chi connectivity index (χ2n) is 6.03. The van der Waals surface area contributed by atoms with Crippen LogP contribution in [0, 0.1) is 28.1 Å².